The quantitative estimate of drug-likeness (QED) is 0.456. The summed E-state index contributed by atoms with van der Waals surface area (Å²) in [6.07, 6.45) is 1.46. The summed E-state index contributed by atoms with van der Waals surface area (Å²) in [7, 11) is 0. The molecule has 0 atom stereocenters. The van der Waals surface area contributed by atoms with E-state index in [1.807, 2.05) is 6.92 Å². The van der Waals surface area contributed by atoms with Gasteiger partial charge >= 0.3 is 0 Å². The first-order chi connectivity index (χ1) is 12.9. The fourth-order valence-electron chi connectivity index (χ4n) is 2.53. The number of nitrogens with one attached hydrogen (secondary N) is 1. The second-order valence-corrected chi connectivity index (χ2v) is 6.79. The highest BCUT2D eigenvalue weighted by Crippen LogP contribution is 2.28. The van der Waals surface area contributed by atoms with E-state index in [0.29, 0.717) is 33.7 Å². The number of hydrogen-bond donors (Lipinski definition) is 1. The van der Waals surface area contributed by atoms with E-state index in [-0.39, 0.29) is 10.7 Å². The van der Waals surface area contributed by atoms with Crippen LogP contribution in [0.5, 0.6) is 5.75 Å². The van der Waals surface area contributed by atoms with Gasteiger partial charge in [-0.2, -0.15) is 0 Å². The van der Waals surface area contributed by atoms with Gasteiger partial charge in [-0.1, -0.05) is 29.3 Å². The van der Waals surface area contributed by atoms with Crippen LogP contribution in [-0.4, -0.2) is 23.5 Å². The van der Waals surface area contributed by atoms with Gasteiger partial charge < -0.3 is 4.74 Å². The van der Waals surface area contributed by atoms with Gasteiger partial charge in [-0.25, -0.2) is 0 Å². The van der Waals surface area contributed by atoms with Crippen LogP contribution in [-0.2, 0) is 9.59 Å². The van der Waals surface area contributed by atoms with Crippen LogP contribution >= 0.6 is 35.4 Å². The van der Waals surface area contributed by atoms with Gasteiger partial charge in [0.25, 0.3) is 11.8 Å². The maximum atomic E-state index is 12.9. The lowest BCUT2D eigenvalue weighted by Gasteiger charge is -2.29. The molecule has 0 radical (unpaired) electrons. The Hall–Kier alpha value is -2.41. The van der Waals surface area contributed by atoms with Gasteiger partial charge in [0.05, 0.1) is 17.3 Å². The Morgan fingerprint density at radius 3 is 2.48 bits per heavy atom. The molecule has 8 heteroatoms. The van der Waals surface area contributed by atoms with Crippen molar-refractivity contribution in [2.75, 3.05) is 11.5 Å². The maximum Gasteiger partial charge on any atom is 0.270 e. The number of benzene rings is 2. The van der Waals surface area contributed by atoms with Crippen molar-refractivity contribution < 1.29 is 14.3 Å². The summed E-state index contributed by atoms with van der Waals surface area (Å²) in [6.45, 7) is 2.33. The second kappa shape index (κ2) is 8.08. The summed E-state index contributed by atoms with van der Waals surface area (Å²) in [5, 5.41) is 3.45. The van der Waals surface area contributed by atoms with Gasteiger partial charge in [-0.05, 0) is 67.2 Å². The van der Waals surface area contributed by atoms with Crippen molar-refractivity contribution in [3.8, 4) is 5.75 Å². The Morgan fingerprint density at radius 2 is 1.85 bits per heavy atom. The van der Waals surface area contributed by atoms with Crippen LogP contribution < -0.4 is 15.0 Å². The van der Waals surface area contributed by atoms with E-state index >= 15 is 0 Å². The van der Waals surface area contributed by atoms with Crippen LogP contribution in [0.3, 0.4) is 0 Å². The van der Waals surface area contributed by atoms with Crippen molar-refractivity contribution in [1.82, 2.24) is 5.32 Å². The van der Waals surface area contributed by atoms with Crippen molar-refractivity contribution in [3.63, 3.8) is 0 Å². The Balaban J connectivity index is 1.96. The van der Waals surface area contributed by atoms with Crippen molar-refractivity contribution in [2.45, 2.75) is 6.92 Å². The predicted molar refractivity (Wildman–Crippen MR) is 110 cm³/mol. The van der Waals surface area contributed by atoms with E-state index < -0.39 is 11.8 Å². The zero-order valence-electron chi connectivity index (χ0n) is 14.2. The molecule has 0 aliphatic carbocycles. The molecule has 3 rings (SSSR count). The highest BCUT2D eigenvalue weighted by atomic mass is 35.5. The number of hydrogen-bond acceptors (Lipinski definition) is 4. The molecular formula is C19H14Cl2N2O3S. The van der Waals surface area contributed by atoms with Gasteiger partial charge in [0.15, 0.2) is 5.11 Å². The number of nitrogens with zero attached hydrogens (tertiary/aromatic N) is 1. The number of thiocarbonyl (C=S) groups is 1. The van der Waals surface area contributed by atoms with E-state index in [1.165, 1.54) is 11.0 Å². The molecule has 0 bridgehead atoms. The van der Waals surface area contributed by atoms with Crippen molar-refractivity contribution in [1.29, 1.82) is 0 Å². The number of ether oxygens (including phenoxy) is 1. The fourth-order valence-corrected chi connectivity index (χ4v) is 3.18. The standard InChI is InChI=1S/C19H14Cl2N2O3S/c1-2-26-16-8-3-11(10-15(16)21)9-14-17(24)22-19(27)23(18(14)25)13-6-4-12(20)5-7-13/h3-10H,2H2,1H3,(H,22,24,27). The molecule has 5 nitrogen and oxygen atoms in total. The SMILES string of the molecule is CCOc1ccc(C=C2C(=O)NC(=S)N(c3ccc(Cl)cc3)C2=O)cc1Cl. The maximum absolute atomic E-state index is 12.9. The van der Waals surface area contributed by atoms with Crippen LogP contribution in [0.2, 0.25) is 10.0 Å². The Bertz CT molecular complexity index is 958. The average molecular weight is 421 g/mol. The largest absolute Gasteiger partial charge is 0.492 e. The molecule has 27 heavy (non-hydrogen) atoms. The van der Waals surface area contributed by atoms with Crippen LogP contribution in [0.1, 0.15) is 12.5 Å². The molecular weight excluding hydrogens is 407 g/mol. The third-order valence-electron chi connectivity index (χ3n) is 3.75. The summed E-state index contributed by atoms with van der Waals surface area (Å²) < 4.78 is 5.39. The summed E-state index contributed by atoms with van der Waals surface area (Å²) >= 11 is 17.2. The first-order valence-corrected chi connectivity index (χ1v) is 9.16. The average Bonchev–Trinajstić information content (AvgIpc) is 2.62. The highest BCUT2D eigenvalue weighted by Gasteiger charge is 2.34. The monoisotopic (exact) mass is 420 g/mol. The molecule has 2 aromatic rings. The second-order valence-electron chi connectivity index (χ2n) is 5.56. The first kappa shape index (κ1) is 19.4. The molecule has 1 N–H and O–H groups in total. The predicted octanol–water partition coefficient (Wildman–Crippen LogP) is 4.22. The zero-order valence-corrected chi connectivity index (χ0v) is 16.5. The Kier molecular flexibility index (Phi) is 5.79. The van der Waals surface area contributed by atoms with Crippen molar-refractivity contribution in [3.05, 3.63) is 63.6 Å². The molecule has 0 saturated carbocycles. The van der Waals surface area contributed by atoms with Crippen LogP contribution in [0.15, 0.2) is 48.0 Å². The van der Waals surface area contributed by atoms with E-state index in [1.54, 1.807) is 42.5 Å². The lowest BCUT2D eigenvalue weighted by molar-refractivity contribution is -0.122. The minimum absolute atomic E-state index is 0.00852. The molecule has 0 spiro atoms. The number of anilines is 1. The lowest BCUT2D eigenvalue weighted by atomic mass is 10.1. The van der Waals surface area contributed by atoms with Gasteiger partial charge in [0.2, 0.25) is 0 Å². The molecule has 138 valence electrons. The summed E-state index contributed by atoms with van der Waals surface area (Å²) in [4.78, 5) is 26.5. The lowest BCUT2D eigenvalue weighted by Crippen LogP contribution is -2.54. The molecule has 0 unspecified atom stereocenters. The van der Waals surface area contributed by atoms with Crippen LogP contribution in [0, 0.1) is 0 Å². The smallest absolute Gasteiger partial charge is 0.270 e. The third kappa shape index (κ3) is 4.13. The molecule has 0 aromatic heterocycles. The molecule has 1 aliphatic rings. The normalized spacial score (nSPS) is 15.9. The molecule has 1 fully saturated rings. The minimum Gasteiger partial charge on any atom is -0.492 e. The van der Waals surface area contributed by atoms with Crippen molar-refractivity contribution >= 4 is 64.1 Å². The van der Waals surface area contributed by atoms with Crippen LogP contribution in [0.4, 0.5) is 5.69 Å². The zero-order chi connectivity index (χ0) is 19.6. The van der Waals surface area contributed by atoms with Crippen molar-refractivity contribution in [2.24, 2.45) is 0 Å². The highest BCUT2D eigenvalue weighted by molar-refractivity contribution is 7.80. The number of halogens is 2. The Labute approximate surface area is 171 Å². The first-order valence-electron chi connectivity index (χ1n) is 8.00. The molecule has 1 heterocycles. The topological polar surface area (TPSA) is 58.6 Å². The Morgan fingerprint density at radius 1 is 1.15 bits per heavy atom. The number of carbonyl (C=O) groups is 2. The van der Waals surface area contributed by atoms with E-state index in [0.717, 1.165) is 0 Å². The van der Waals surface area contributed by atoms with E-state index in [9.17, 15) is 9.59 Å². The van der Waals surface area contributed by atoms with Crippen LogP contribution in [0.25, 0.3) is 6.08 Å². The number of carbonyl (C=O) groups excluding carboxylic acids is 2. The number of amides is 2. The fraction of sp³-hybridized carbons (Fsp3) is 0.105. The third-order valence-corrected chi connectivity index (χ3v) is 4.59. The number of rotatable bonds is 4. The minimum atomic E-state index is -0.569. The molecule has 2 amide bonds. The summed E-state index contributed by atoms with van der Waals surface area (Å²) in [5.74, 6) is -0.569. The van der Waals surface area contributed by atoms with E-state index in [2.05, 4.69) is 5.32 Å². The molecule has 2 aromatic carbocycles. The van der Waals surface area contributed by atoms with Gasteiger partial charge in [-0.3, -0.25) is 19.8 Å². The summed E-state index contributed by atoms with van der Waals surface area (Å²) in [5.41, 5.74) is 1.04. The van der Waals surface area contributed by atoms with E-state index in [4.69, 9.17) is 40.2 Å². The summed E-state index contributed by atoms with van der Waals surface area (Å²) in [6, 6.07) is 11.6. The van der Waals surface area contributed by atoms with Gasteiger partial charge in [-0.15, -0.1) is 0 Å². The molecule has 1 aliphatic heterocycles. The molecule has 1 saturated heterocycles. The van der Waals surface area contributed by atoms with Gasteiger partial charge in [0, 0.05) is 5.02 Å². The van der Waals surface area contributed by atoms with Gasteiger partial charge in [0.1, 0.15) is 11.3 Å².